The summed E-state index contributed by atoms with van der Waals surface area (Å²) in [5, 5.41) is 3.47. The predicted octanol–water partition coefficient (Wildman–Crippen LogP) is 5.68. The molecule has 0 amide bonds. The van der Waals surface area contributed by atoms with Gasteiger partial charge in [-0.2, -0.15) is 0 Å². The van der Waals surface area contributed by atoms with E-state index in [4.69, 9.17) is 0 Å². The summed E-state index contributed by atoms with van der Waals surface area (Å²) in [4.78, 5) is 0. The van der Waals surface area contributed by atoms with Gasteiger partial charge in [-0.3, -0.25) is 0 Å². The Kier molecular flexibility index (Phi) is 5.12. The quantitative estimate of drug-likeness (QED) is 0.617. The fourth-order valence-corrected chi connectivity index (χ4v) is 2.81. The highest BCUT2D eigenvalue weighted by Crippen LogP contribution is 2.27. The van der Waals surface area contributed by atoms with Gasteiger partial charge in [0.2, 0.25) is 0 Å². The fourth-order valence-electron chi connectivity index (χ4n) is 2.81. The first-order chi connectivity index (χ1) is 11.8. The molecular formula is C23H23N. The van der Waals surface area contributed by atoms with E-state index in [0.29, 0.717) is 0 Å². The lowest BCUT2D eigenvalue weighted by Crippen LogP contribution is -2.11. The largest absolute Gasteiger partial charge is 0.381 e. The summed E-state index contributed by atoms with van der Waals surface area (Å²) >= 11 is 0. The van der Waals surface area contributed by atoms with Crippen LogP contribution in [0.25, 0.3) is 16.8 Å². The molecule has 0 fully saturated rings. The second-order valence-electron chi connectivity index (χ2n) is 5.91. The molecule has 0 saturated heterocycles. The molecule has 0 spiro atoms. The number of benzene rings is 3. The van der Waals surface area contributed by atoms with E-state index in [1.54, 1.807) is 0 Å². The van der Waals surface area contributed by atoms with Gasteiger partial charge < -0.3 is 5.32 Å². The van der Waals surface area contributed by atoms with Gasteiger partial charge in [0.15, 0.2) is 0 Å². The average molecular weight is 313 g/mol. The lowest BCUT2D eigenvalue weighted by Gasteiger charge is -2.14. The van der Waals surface area contributed by atoms with Crippen molar-refractivity contribution < 1.29 is 0 Å². The van der Waals surface area contributed by atoms with Crippen molar-refractivity contribution in [3.05, 3.63) is 102 Å². The Labute approximate surface area is 144 Å². The van der Waals surface area contributed by atoms with Crippen LogP contribution in [0.5, 0.6) is 0 Å². The molecule has 0 heterocycles. The second-order valence-corrected chi connectivity index (χ2v) is 5.91. The molecule has 0 saturated carbocycles. The molecule has 0 aliphatic heterocycles. The average Bonchev–Trinajstić information content (AvgIpc) is 2.67. The smallest absolute Gasteiger partial charge is 0.0400 e. The Balaban J connectivity index is 1.75. The second kappa shape index (κ2) is 7.65. The number of hydrogen-bond acceptors (Lipinski definition) is 1. The summed E-state index contributed by atoms with van der Waals surface area (Å²) in [5.41, 5.74) is 7.15. The molecule has 1 N–H and O–H groups in total. The summed E-state index contributed by atoms with van der Waals surface area (Å²) in [6.07, 6.45) is 1.07. The maximum atomic E-state index is 4.25. The van der Waals surface area contributed by atoms with Crippen molar-refractivity contribution >= 4 is 5.70 Å². The van der Waals surface area contributed by atoms with Gasteiger partial charge in [-0.25, -0.2) is 0 Å². The summed E-state index contributed by atoms with van der Waals surface area (Å²) in [6, 6.07) is 27.6. The van der Waals surface area contributed by atoms with Crippen LogP contribution in [0.4, 0.5) is 0 Å². The molecule has 3 aromatic carbocycles. The van der Waals surface area contributed by atoms with Gasteiger partial charge in [0.1, 0.15) is 0 Å². The van der Waals surface area contributed by atoms with Crippen LogP contribution in [0.2, 0.25) is 0 Å². The predicted molar refractivity (Wildman–Crippen MR) is 104 cm³/mol. The normalized spacial score (nSPS) is 10.4. The van der Waals surface area contributed by atoms with Crippen molar-refractivity contribution in [2.75, 3.05) is 0 Å². The zero-order valence-corrected chi connectivity index (χ0v) is 14.1. The molecular weight excluding hydrogens is 290 g/mol. The van der Waals surface area contributed by atoms with Crippen molar-refractivity contribution in [1.29, 1.82) is 0 Å². The zero-order valence-electron chi connectivity index (χ0n) is 14.1. The van der Waals surface area contributed by atoms with E-state index in [0.717, 1.165) is 24.2 Å². The van der Waals surface area contributed by atoms with Gasteiger partial charge >= 0.3 is 0 Å². The van der Waals surface area contributed by atoms with Gasteiger partial charge in [0, 0.05) is 17.8 Å². The maximum absolute atomic E-state index is 4.25. The standard InChI is InChI=1S/C23H23N/c1-3-19-13-15-20(16-14-19)17-24-18(2)22-11-7-8-12-23(22)21-9-5-4-6-10-21/h4-16,24H,2-3,17H2,1H3. The lowest BCUT2D eigenvalue weighted by atomic mass is 9.98. The molecule has 24 heavy (non-hydrogen) atoms. The highest BCUT2D eigenvalue weighted by molar-refractivity contribution is 5.79. The number of hydrogen-bond donors (Lipinski definition) is 1. The molecule has 1 nitrogen and oxygen atoms in total. The van der Waals surface area contributed by atoms with Gasteiger partial charge in [-0.1, -0.05) is 92.4 Å². The maximum Gasteiger partial charge on any atom is 0.0400 e. The summed E-state index contributed by atoms with van der Waals surface area (Å²) in [5.74, 6) is 0. The molecule has 1 heteroatoms. The van der Waals surface area contributed by atoms with E-state index in [2.05, 4.69) is 91.6 Å². The molecule has 0 bridgehead atoms. The molecule has 0 radical (unpaired) electrons. The van der Waals surface area contributed by atoms with Crippen molar-refractivity contribution in [3.8, 4) is 11.1 Å². The Morgan fingerprint density at radius 3 is 2.12 bits per heavy atom. The van der Waals surface area contributed by atoms with Gasteiger partial charge in [0.25, 0.3) is 0 Å². The lowest BCUT2D eigenvalue weighted by molar-refractivity contribution is 0.890. The molecule has 3 aromatic rings. The molecule has 3 rings (SSSR count). The summed E-state index contributed by atoms with van der Waals surface area (Å²) in [7, 11) is 0. The number of rotatable bonds is 6. The first-order valence-corrected chi connectivity index (χ1v) is 8.43. The van der Waals surface area contributed by atoms with Crippen molar-refractivity contribution in [2.45, 2.75) is 19.9 Å². The van der Waals surface area contributed by atoms with Crippen molar-refractivity contribution in [1.82, 2.24) is 5.32 Å². The van der Waals surface area contributed by atoms with E-state index < -0.39 is 0 Å². The first kappa shape index (κ1) is 16.1. The fraction of sp³-hybridized carbons (Fsp3) is 0.130. The van der Waals surface area contributed by atoms with Crippen LogP contribution in [0.15, 0.2) is 85.4 Å². The van der Waals surface area contributed by atoms with Crippen LogP contribution >= 0.6 is 0 Å². The summed E-state index contributed by atoms with van der Waals surface area (Å²) < 4.78 is 0. The van der Waals surface area contributed by atoms with Gasteiger partial charge in [0.05, 0.1) is 0 Å². The Morgan fingerprint density at radius 1 is 0.792 bits per heavy atom. The van der Waals surface area contributed by atoms with Crippen molar-refractivity contribution in [2.24, 2.45) is 0 Å². The minimum Gasteiger partial charge on any atom is -0.381 e. The Hall–Kier alpha value is -2.80. The molecule has 120 valence electrons. The van der Waals surface area contributed by atoms with E-state index in [1.165, 1.54) is 22.3 Å². The van der Waals surface area contributed by atoms with Crippen LogP contribution in [-0.4, -0.2) is 0 Å². The molecule has 0 aliphatic carbocycles. The van der Waals surface area contributed by atoms with E-state index in [-0.39, 0.29) is 0 Å². The van der Waals surface area contributed by atoms with Crippen LogP contribution in [0.3, 0.4) is 0 Å². The highest BCUT2D eigenvalue weighted by Gasteiger charge is 2.07. The third-order valence-corrected chi connectivity index (χ3v) is 4.27. The molecule has 0 aliphatic rings. The van der Waals surface area contributed by atoms with Crippen LogP contribution in [0, 0.1) is 0 Å². The Bertz CT molecular complexity index is 801. The van der Waals surface area contributed by atoms with Crippen molar-refractivity contribution in [3.63, 3.8) is 0 Å². The van der Waals surface area contributed by atoms with Gasteiger partial charge in [-0.15, -0.1) is 0 Å². The zero-order chi connectivity index (χ0) is 16.8. The van der Waals surface area contributed by atoms with Gasteiger partial charge in [-0.05, 0) is 28.7 Å². The van der Waals surface area contributed by atoms with E-state index in [1.807, 2.05) is 6.07 Å². The number of aryl methyl sites for hydroxylation is 1. The topological polar surface area (TPSA) is 12.0 Å². The minimum absolute atomic E-state index is 0.784. The highest BCUT2D eigenvalue weighted by atomic mass is 14.9. The van der Waals surface area contributed by atoms with E-state index >= 15 is 0 Å². The monoisotopic (exact) mass is 313 g/mol. The van der Waals surface area contributed by atoms with Crippen LogP contribution < -0.4 is 5.32 Å². The third-order valence-electron chi connectivity index (χ3n) is 4.27. The van der Waals surface area contributed by atoms with E-state index in [9.17, 15) is 0 Å². The first-order valence-electron chi connectivity index (χ1n) is 8.43. The Morgan fingerprint density at radius 2 is 1.42 bits per heavy atom. The van der Waals surface area contributed by atoms with Crippen LogP contribution in [-0.2, 0) is 13.0 Å². The van der Waals surface area contributed by atoms with Crippen LogP contribution in [0.1, 0.15) is 23.6 Å². The minimum atomic E-state index is 0.784. The third kappa shape index (κ3) is 3.75. The molecule has 0 aromatic heterocycles. The molecule has 0 atom stereocenters. The SMILES string of the molecule is C=C(NCc1ccc(CC)cc1)c1ccccc1-c1ccccc1. The molecule has 0 unspecified atom stereocenters. The number of nitrogens with one attached hydrogen (secondary N) is 1. The summed E-state index contributed by atoms with van der Waals surface area (Å²) in [6.45, 7) is 7.21.